The Labute approximate surface area is 188 Å². The van der Waals surface area contributed by atoms with Gasteiger partial charge in [-0.3, -0.25) is 19.4 Å². The Kier molecular flexibility index (Phi) is 7.87. The van der Waals surface area contributed by atoms with E-state index in [1.807, 2.05) is 0 Å². The van der Waals surface area contributed by atoms with Crippen molar-refractivity contribution >= 4 is 35.0 Å². The molecule has 0 aliphatic heterocycles. The first kappa shape index (κ1) is 24.0. The first-order valence-corrected chi connectivity index (χ1v) is 10.7. The average molecular weight is 461 g/mol. The predicted octanol–water partition coefficient (Wildman–Crippen LogP) is -0.580. The molecule has 0 spiro atoms. The number of carbonyl (C=O) groups is 3. The molecule has 3 rings (SSSR count). The lowest BCUT2D eigenvalue weighted by Crippen LogP contribution is -2.45. The van der Waals surface area contributed by atoms with Crippen molar-refractivity contribution in [2.24, 2.45) is 5.92 Å². The van der Waals surface area contributed by atoms with E-state index in [0.717, 1.165) is 12.8 Å². The van der Waals surface area contributed by atoms with E-state index < -0.39 is 23.5 Å². The van der Waals surface area contributed by atoms with Crippen molar-refractivity contribution in [2.45, 2.75) is 57.0 Å². The van der Waals surface area contributed by atoms with E-state index in [0.29, 0.717) is 31.5 Å². The third kappa shape index (κ3) is 6.68. The number of hydrogen-bond acceptors (Lipinski definition) is 9. The van der Waals surface area contributed by atoms with Gasteiger partial charge in [-0.05, 0) is 32.1 Å². The van der Waals surface area contributed by atoms with Crippen LogP contribution in [0.15, 0.2) is 11.0 Å². The molecule has 1 aliphatic carbocycles. The zero-order chi connectivity index (χ0) is 24.0. The Morgan fingerprint density at radius 3 is 2.58 bits per heavy atom. The number of rotatable bonds is 10. The zero-order valence-electron chi connectivity index (χ0n) is 17.9. The molecule has 2 aromatic heterocycles. The van der Waals surface area contributed by atoms with Crippen molar-refractivity contribution in [2.75, 3.05) is 12.3 Å². The largest absolute Gasteiger partial charge is 0.481 e. The molecule has 2 heterocycles. The summed E-state index contributed by atoms with van der Waals surface area (Å²) in [4.78, 5) is 61.1. The molecule has 7 N–H and O–H groups in total. The summed E-state index contributed by atoms with van der Waals surface area (Å²) >= 11 is 0. The van der Waals surface area contributed by atoms with Crippen molar-refractivity contribution in [3.05, 3.63) is 22.2 Å². The van der Waals surface area contributed by atoms with Crippen LogP contribution < -0.4 is 21.9 Å². The monoisotopic (exact) mass is 461 g/mol. The van der Waals surface area contributed by atoms with Crippen molar-refractivity contribution in [1.82, 2.24) is 30.6 Å². The van der Waals surface area contributed by atoms with Gasteiger partial charge in [-0.15, -0.1) is 0 Å². The van der Waals surface area contributed by atoms with Gasteiger partial charge in [0, 0.05) is 31.3 Å². The van der Waals surface area contributed by atoms with E-state index >= 15 is 0 Å². The fraction of sp³-hybridized carbons (Fsp3) is 0.550. The Morgan fingerprint density at radius 1 is 1.18 bits per heavy atom. The number of aromatic amines is 1. The van der Waals surface area contributed by atoms with E-state index in [1.54, 1.807) is 6.20 Å². The lowest BCUT2D eigenvalue weighted by atomic mass is 9.85. The SMILES string of the molecule is Nc1nc2ncc(CCNC3CCC(C(=O)N[C@@H](CCC(=O)O)C(=O)O)CC3)nc2c(=O)[nH]1. The average Bonchev–Trinajstić information content (AvgIpc) is 2.77. The third-order valence-corrected chi connectivity index (χ3v) is 5.66. The summed E-state index contributed by atoms with van der Waals surface area (Å²) in [5.41, 5.74) is 6.03. The van der Waals surface area contributed by atoms with Gasteiger partial charge in [0.1, 0.15) is 6.04 Å². The molecule has 1 fully saturated rings. The van der Waals surface area contributed by atoms with Crippen molar-refractivity contribution in [1.29, 1.82) is 0 Å². The van der Waals surface area contributed by atoms with Crippen LogP contribution in [0, 0.1) is 5.92 Å². The quantitative estimate of drug-likeness (QED) is 0.263. The molecule has 0 aromatic carbocycles. The van der Waals surface area contributed by atoms with Gasteiger partial charge in [0.2, 0.25) is 11.9 Å². The third-order valence-electron chi connectivity index (χ3n) is 5.66. The Bertz CT molecular complexity index is 1080. The van der Waals surface area contributed by atoms with Crippen LogP contribution in [-0.4, -0.2) is 66.6 Å². The number of carboxylic acids is 2. The van der Waals surface area contributed by atoms with Crippen LogP contribution in [0.2, 0.25) is 0 Å². The van der Waals surface area contributed by atoms with Crippen LogP contribution in [0.1, 0.15) is 44.2 Å². The molecular formula is C20H27N7O6. The molecule has 1 amide bonds. The van der Waals surface area contributed by atoms with E-state index in [-0.39, 0.29) is 47.8 Å². The Hall–Kier alpha value is -3.61. The fourth-order valence-corrected chi connectivity index (χ4v) is 3.87. The van der Waals surface area contributed by atoms with Crippen LogP contribution >= 0.6 is 0 Å². The molecule has 1 atom stereocenters. The number of carbonyl (C=O) groups excluding carboxylic acids is 1. The maximum absolute atomic E-state index is 12.4. The van der Waals surface area contributed by atoms with E-state index in [2.05, 4.69) is 30.6 Å². The van der Waals surface area contributed by atoms with Gasteiger partial charge < -0.3 is 26.6 Å². The Morgan fingerprint density at radius 2 is 1.91 bits per heavy atom. The number of nitrogens with one attached hydrogen (secondary N) is 3. The van der Waals surface area contributed by atoms with Gasteiger partial charge in [0.25, 0.3) is 5.56 Å². The summed E-state index contributed by atoms with van der Waals surface area (Å²) in [6.45, 7) is 0.609. The first-order valence-electron chi connectivity index (χ1n) is 10.7. The summed E-state index contributed by atoms with van der Waals surface area (Å²) in [6, 6.07) is -0.999. The highest BCUT2D eigenvalue weighted by molar-refractivity contribution is 5.85. The maximum atomic E-state index is 12.4. The zero-order valence-corrected chi connectivity index (χ0v) is 17.9. The van der Waals surface area contributed by atoms with E-state index in [9.17, 15) is 24.3 Å². The highest BCUT2D eigenvalue weighted by atomic mass is 16.4. The second-order valence-electron chi connectivity index (χ2n) is 8.07. The van der Waals surface area contributed by atoms with Crippen LogP contribution in [0.25, 0.3) is 11.2 Å². The second kappa shape index (κ2) is 10.8. The standard InChI is InChI=1S/C20H27N7O6/c21-20-26-16-15(18(31)27-20)24-12(9-23-16)7-8-22-11-3-1-10(2-4-11)17(30)25-13(19(32)33)5-6-14(28)29/h9-11,13,22H,1-8H2,(H,25,30)(H,28,29)(H,32,33)(H3,21,23,26,27,31)/t10?,11?,13-/m0/s1. The number of nitrogens with two attached hydrogens (primary N) is 1. The summed E-state index contributed by atoms with van der Waals surface area (Å²) in [5, 5.41) is 23.8. The smallest absolute Gasteiger partial charge is 0.326 e. The number of aromatic nitrogens is 4. The van der Waals surface area contributed by atoms with Gasteiger partial charge in [-0.2, -0.15) is 4.98 Å². The van der Waals surface area contributed by atoms with Gasteiger partial charge >= 0.3 is 11.9 Å². The van der Waals surface area contributed by atoms with Gasteiger partial charge in [-0.1, -0.05) is 0 Å². The summed E-state index contributed by atoms with van der Waals surface area (Å²) in [7, 11) is 0. The number of amides is 1. The molecule has 0 radical (unpaired) electrons. The molecule has 33 heavy (non-hydrogen) atoms. The number of hydrogen-bond donors (Lipinski definition) is 6. The topological polar surface area (TPSA) is 213 Å². The minimum atomic E-state index is -1.24. The van der Waals surface area contributed by atoms with E-state index in [1.165, 1.54) is 0 Å². The number of H-pyrrole nitrogens is 1. The number of carboxylic acid groups (broad SMARTS) is 2. The normalized spacial score (nSPS) is 19.2. The number of nitrogen functional groups attached to an aromatic ring is 1. The lowest BCUT2D eigenvalue weighted by Gasteiger charge is -2.29. The molecule has 1 aliphatic rings. The molecule has 0 saturated heterocycles. The molecule has 13 nitrogen and oxygen atoms in total. The van der Waals surface area contributed by atoms with Gasteiger partial charge in [0.05, 0.1) is 11.9 Å². The minimum Gasteiger partial charge on any atom is -0.481 e. The maximum Gasteiger partial charge on any atom is 0.326 e. The van der Waals surface area contributed by atoms with Gasteiger partial charge in [0.15, 0.2) is 11.2 Å². The number of anilines is 1. The molecule has 178 valence electrons. The molecular weight excluding hydrogens is 434 g/mol. The number of nitrogens with zero attached hydrogens (tertiary/aromatic N) is 3. The molecule has 0 bridgehead atoms. The van der Waals surface area contributed by atoms with Gasteiger partial charge in [-0.25, -0.2) is 14.8 Å². The summed E-state index contributed by atoms with van der Waals surface area (Å²) < 4.78 is 0. The van der Waals surface area contributed by atoms with Crippen molar-refractivity contribution in [3.63, 3.8) is 0 Å². The van der Waals surface area contributed by atoms with Crippen molar-refractivity contribution in [3.8, 4) is 0 Å². The highest BCUT2D eigenvalue weighted by Crippen LogP contribution is 2.24. The summed E-state index contributed by atoms with van der Waals surface area (Å²) in [6.07, 6.45) is 4.33. The summed E-state index contributed by atoms with van der Waals surface area (Å²) in [5.74, 6) is -3.01. The van der Waals surface area contributed by atoms with Crippen LogP contribution in [0.3, 0.4) is 0 Å². The second-order valence-corrected chi connectivity index (χ2v) is 8.07. The first-order chi connectivity index (χ1) is 15.7. The molecule has 13 heteroatoms. The minimum absolute atomic E-state index is 0.0146. The fourth-order valence-electron chi connectivity index (χ4n) is 3.87. The van der Waals surface area contributed by atoms with Crippen LogP contribution in [0.4, 0.5) is 5.95 Å². The Balaban J connectivity index is 1.43. The number of aliphatic carboxylic acids is 2. The number of fused-ring (bicyclic) bond motifs is 1. The van der Waals surface area contributed by atoms with Crippen LogP contribution in [-0.2, 0) is 20.8 Å². The highest BCUT2D eigenvalue weighted by Gasteiger charge is 2.29. The van der Waals surface area contributed by atoms with E-state index in [4.69, 9.17) is 10.8 Å². The predicted molar refractivity (Wildman–Crippen MR) is 116 cm³/mol. The van der Waals surface area contributed by atoms with Crippen LogP contribution in [0.5, 0.6) is 0 Å². The van der Waals surface area contributed by atoms with Crippen molar-refractivity contribution < 1.29 is 24.6 Å². The molecule has 2 aromatic rings. The molecule has 1 saturated carbocycles. The lowest BCUT2D eigenvalue weighted by molar-refractivity contribution is -0.143. The molecule has 0 unspecified atom stereocenters.